The molecule has 21 heavy (non-hydrogen) atoms. The topological polar surface area (TPSA) is 102 Å². The Morgan fingerprint density at radius 1 is 1.43 bits per heavy atom. The molecule has 0 aliphatic heterocycles. The number of aromatic nitrogens is 2. The Morgan fingerprint density at radius 3 is 2.67 bits per heavy atom. The Morgan fingerprint density at radius 2 is 2.14 bits per heavy atom. The van der Waals surface area contributed by atoms with Gasteiger partial charge in [-0.2, -0.15) is 4.98 Å². The summed E-state index contributed by atoms with van der Waals surface area (Å²) >= 11 is 0. The number of hydrogen-bond acceptors (Lipinski definition) is 7. The molecule has 1 aromatic heterocycles. The second-order valence-corrected chi connectivity index (χ2v) is 4.87. The molecule has 0 fully saturated rings. The Kier molecular flexibility index (Phi) is 6.80. The van der Waals surface area contributed by atoms with Crippen molar-refractivity contribution in [2.75, 3.05) is 30.4 Å². The molecule has 0 aliphatic rings. The van der Waals surface area contributed by atoms with Gasteiger partial charge in [-0.05, 0) is 19.8 Å². The Bertz CT molecular complexity index is 467. The minimum absolute atomic E-state index is 0.0620. The minimum Gasteiger partial charge on any atom is -0.380 e. The molecule has 0 aromatic carbocycles. The van der Waals surface area contributed by atoms with Crippen LogP contribution in [0.2, 0.25) is 0 Å². The first-order valence-corrected chi connectivity index (χ1v) is 7.09. The zero-order chi connectivity index (χ0) is 15.8. The van der Waals surface area contributed by atoms with Crippen molar-refractivity contribution in [2.45, 2.75) is 33.7 Å². The zero-order valence-corrected chi connectivity index (χ0v) is 12.9. The van der Waals surface area contributed by atoms with Gasteiger partial charge in [0.15, 0.2) is 0 Å². The zero-order valence-electron chi connectivity index (χ0n) is 12.9. The fraction of sp³-hybridized carbons (Fsp3) is 0.692. The van der Waals surface area contributed by atoms with Crippen molar-refractivity contribution in [3.8, 4) is 0 Å². The summed E-state index contributed by atoms with van der Waals surface area (Å²) in [5.74, 6) is 0.822. The van der Waals surface area contributed by atoms with Gasteiger partial charge in [-0.1, -0.05) is 13.8 Å². The number of nitrogens with zero attached hydrogens (tertiary/aromatic N) is 3. The van der Waals surface area contributed by atoms with Crippen LogP contribution in [-0.4, -0.2) is 40.7 Å². The summed E-state index contributed by atoms with van der Waals surface area (Å²) < 4.78 is 5.42. The van der Waals surface area contributed by atoms with Crippen LogP contribution in [0.3, 0.4) is 0 Å². The van der Waals surface area contributed by atoms with Crippen molar-refractivity contribution < 1.29 is 9.66 Å². The molecule has 1 atom stereocenters. The monoisotopic (exact) mass is 297 g/mol. The third-order valence-electron chi connectivity index (χ3n) is 2.93. The second kappa shape index (κ2) is 8.35. The predicted octanol–water partition coefficient (Wildman–Crippen LogP) is 2.29. The van der Waals surface area contributed by atoms with E-state index in [0.29, 0.717) is 25.7 Å². The van der Waals surface area contributed by atoms with Gasteiger partial charge in [0.25, 0.3) is 0 Å². The first-order chi connectivity index (χ1) is 9.99. The Hall–Kier alpha value is -1.96. The van der Waals surface area contributed by atoms with Crippen molar-refractivity contribution in [2.24, 2.45) is 5.92 Å². The molecule has 0 spiro atoms. The number of anilines is 2. The number of hydrogen-bond donors (Lipinski definition) is 2. The quantitative estimate of drug-likeness (QED) is 0.532. The first kappa shape index (κ1) is 17.1. The molecule has 1 heterocycles. The minimum atomic E-state index is -0.490. The SMILES string of the molecule is CCNc1ncc([N+](=O)[O-])c(NC(COCC)C(C)C)n1. The third kappa shape index (κ3) is 5.14. The standard InChI is InChI=1S/C13H23N5O3/c1-5-14-13-15-7-11(18(19)20)12(17-13)16-10(9(3)4)8-21-6-2/h7,9-10H,5-6,8H2,1-4H3,(H2,14,15,16,17). The third-order valence-corrected chi connectivity index (χ3v) is 2.93. The van der Waals surface area contributed by atoms with E-state index >= 15 is 0 Å². The van der Waals surface area contributed by atoms with Crippen LogP contribution in [0.25, 0.3) is 0 Å². The molecule has 0 saturated carbocycles. The van der Waals surface area contributed by atoms with E-state index in [0.717, 1.165) is 0 Å². The van der Waals surface area contributed by atoms with E-state index in [1.165, 1.54) is 6.20 Å². The van der Waals surface area contributed by atoms with Gasteiger partial charge in [0.2, 0.25) is 11.8 Å². The predicted molar refractivity (Wildman–Crippen MR) is 81.6 cm³/mol. The molecule has 118 valence electrons. The summed E-state index contributed by atoms with van der Waals surface area (Å²) in [6.07, 6.45) is 1.21. The summed E-state index contributed by atoms with van der Waals surface area (Å²) in [4.78, 5) is 18.7. The van der Waals surface area contributed by atoms with E-state index in [2.05, 4.69) is 20.6 Å². The van der Waals surface area contributed by atoms with E-state index in [1.54, 1.807) is 0 Å². The lowest BCUT2D eigenvalue weighted by Gasteiger charge is -2.22. The van der Waals surface area contributed by atoms with Crippen LogP contribution in [0.4, 0.5) is 17.5 Å². The fourth-order valence-electron chi connectivity index (χ4n) is 1.68. The number of rotatable bonds is 9. The summed E-state index contributed by atoms with van der Waals surface area (Å²) in [6, 6.07) is -0.0620. The summed E-state index contributed by atoms with van der Waals surface area (Å²) in [5.41, 5.74) is -0.140. The van der Waals surface area contributed by atoms with Crippen LogP contribution in [0, 0.1) is 16.0 Å². The van der Waals surface area contributed by atoms with Crippen molar-refractivity contribution in [1.29, 1.82) is 0 Å². The first-order valence-electron chi connectivity index (χ1n) is 7.09. The molecule has 0 amide bonds. The molecule has 0 aliphatic carbocycles. The molecule has 8 heteroatoms. The Balaban J connectivity index is 3.00. The van der Waals surface area contributed by atoms with E-state index in [1.807, 2.05) is 27.7 Å². The molecule has 2 N–H and O–H groups in total. The highest BCUT2D eigenvalue weighted by molar-refractivity contribution is 5.57. The van der Waals surface area contributed by atoms with Gasteiger partial charge in [0, 0.05) is 13.2 Å². The number of ether oxygens (including phenoxy) is 1. The van der Waals surface area contributed by atoms with Gasteiger partial charge >= 0.3 is 5.69 Å². The van der Waals surface area contributed by atoms with Crippen LogP contribution in [0.5, 0.6) is 0 Å². The largest absolute Gasteiger partial charge is 0.380 e. The van der Waals surface area contributed by atoms with E-state index in [-0.39, 0.29) is 23.5 Å². The molecular weight excluding hydrogens is 274 g/mol. The lowest BCUT2D eigenvalue weighted by molar-refractivity contribution is -0.384. The van der Waals surface area contributed by atoms with Crippen molar-refractivity contribution in [3.63, 3.8) is 0 Å². The van der Waals surface area contributed by atoms with E-state index in [4.69, 9.17) is 4.74 Å². The average molecular weight is 297 g/mol. The summed E-state index contributed by atoms with van der Waals surface area (Å²) in [6.45, 7) is 9.57. The second-order valence-electron chi connectivity index (χ2n) is 4.87. The van der Waals surface area contributed by atoms with Crippen molar-refractivity contribution in [3.05, 3.63) is 16.3 Å². The van der Waals surface area contributed by atoms with Gasteiger partial charge in [-0.3, -0.25) is 10.1 Å². The summed E-state index contributed by atoms with van der Waals surface area (Å²) in [7, 11) is 0. The highest BCUT2D eigenvalue weighted by Gasteiger charge is 2.22. The van der Waals surface area contributed by atoms with Gasteiger partial charge in [-0.25, -0.2) is 4.98 Å². The van der Waals surface area contributed by atoms with Gasteiger partial charge < -0.3 is 15.4 Å². The maximum atomic E-state index is 11.1. The van der Waals surface area contributed by atoms with Crippen LogP contribution in [0.15, 0.2) is 6.20 Å². The maximum absolute atomic E-state index is 11.1. The lowest BCUT2D eigenvalue weighted by atomic mass is 10.1. The van der Waals surface area contributed by atoms with E-state index < -0.39 is 4.92 Å². The van der Waals surface area contributed by atoms with Crippen molar-refractivity contribution in [1.82, 2.24) is 9.97 Å². The van der Waals surface area contributed by atoms with Crippen LogP contribution in [0.1, 0.15) is 27.7 Å². The van der Waals surface area contributed by atoms with Crippen LogP contribution >= 0.6 is 0 Å². The number of nitro groups is 1. The molecule has 1 aromatic rings. The lowest BCUT2D eigenvalue weighted by Crippen LogP contribution is -2.31. The maximum Gasteiger partial charge on any atom is 0.329 e. The van der Waals surface area contributed by atoms with Crippen LogP contribution < -0.4 is 10.6 Å². The molecular formula is C13H23N5O3. The molecule has 0 bridgehead atoms. The highest BCUT2D eigenvalue weighted by atomic mass is 16.6. The Labute approximate surface area is 124 Å². The molecule has 1 unspecified atom stereocenters. The normalized spacial score (nSPS) is 12.2. The van der Waals surface area contributed by atoms with Gasteiger partial charge in [-0.15, -0.1) is 0 Å². The summed E-state index contributed by atoms with van der Waals surface area (Å²) in [5, 5.41) is 17.1. The van der Waals surface area contributed by atoms with Crippen molar-refractivity contribution >= 4 is 17.5 Å². The molecule has 1 rings (SSSR count). The van der Waals surface area contributed by atoms with Gasteiger partial charge in [0.05, 0.1) is 17.6 Å². The van der Waals surface area contributed by atoms with Gasteiger partial charge in [0.1, 0.15) is 6.20 Å². The molecule has 8 nitrogen and oxygen atoms in total. The molecule has 0 radical (unpaired) electrons. The van der Waals surface area contributed by atoms with E-state index in [9.17, 15) is 10.1 Å². The smallest absolute Gasteiger partial charge is 0.329 e. The fourth-order valence-corrected chi connectivity index (χ4v) is 1.68. The van der Waals surface area contributed by atoms with Crippen LogP contribution in [-0.2, 0) is 4.74 Å². The number of nitrogens with one attached hydrogen (secondary N) is 2. The molecule has 0 saturated heterocycles. The highest BCUT2D eigenvalue weighted by Crippen LogP contribution is 2.24. The average Bonchev–Trinajstić information content (AvgIpc) is 2.43.